The Balaban J connectivity index is 2.58. The van der Waals surface area contributed by atoms with Gasteiger partial charge in [0.15, 0.2) is 0 Å². The maximum Gasteiger partial charge on any atom is 0.303 e. The number of rotatable bonds is 7. The number of aryl methyl sites for hydroxylation is 2. The van der Waals surface area contributed by atoms with Crippen LogP contribution in [0, 0.1) is 13.8 Å². The van der Waals surface area contributed by atoms with Crippen molar-refractivity contribution in [2.75, 3.05) is 6.54 Å². The average Bonchev–Trinajstić information content (AvgIpc) is 2.26. The lowest BCUT2D eigenvalue weighted by Gasteiger charge is -2.08. The number of hydrogen-bond acceptors (Lipinski definition) is 3. The Kier molecular flexibility index (Phi) is 5.50. The fourth-order valence-electron chi connectivity index (χ4n) is 1.78. The van der Waals surface area contributed by atoms with Gasteiger partial charge in [0.2, 0.25) is 10.0 Å². The Morgan fingerprint density at radius 1 is 1.16 bits per heavy atom. The lowest BCUT2D eigenvalue weighted by Crippen LogP contribution is -2.25. The summed E-state index contributed by atoms with van der Waals surface area (Å²) in [5.74, 6) is -0.864. The van der Waals surface area contributed by atoms with E-state index in [1.807, 2.05) is 19.9 Å². The molecule has 0 saturated heterocycles. The molecule has 19 heavy (non-hydrogen) atoms. The molecule has 0 bridgehead atoms. The summed E-state index contributed by atoms with van der Waals surface area (Å²) in [4.78, 5) is 10.6. The zero-order valence-corrected chi connectivity index (χ0v) is 12.0. The van der Waals surface area contributed by atoms with Gasteiger partial charge in [-0.3, -0.25) is 4.79 Å². The quantitative estimate of drug-likeness (QED) is 0.749. The summed E-state index contributed by atoms with van der Waals surface area (Å²) in [6.45, 7) is 3.94. The Hall–Kier alpha value is -1.40. The van der Waals surface area contributed by atoms with Gasteiger partial charge in [-0.15, -0.1) is 0 Å². The van der Waals surface area contributed by atoms with Crippen LogP contribution in [0.3, 0.4) is 0 Å². The summed E-state index contributed by atoms with van der Waals surface area (Å²) < 4.78 is 26.5. The minimum absolute atomic E-state index is 0.0608. The molecule has 0 aliphatic carbocycles. The summed E-state index contributed by atoms with van der Waals surface area (Å²) in [6, 6.07) is 5.14. The molecule has 0 amide bonds. The summed E-state index contributed by atoms with van der Waals surface area (Å²) in [5, 5.41) is 8.47. The van der Waals surface area contributed by atoms with Crippen LogP contribution in [0.2, 0.25) is 0 Å². The molecule has 0 heterocycles. The minimum atomic E-state index is -3.50. The molecule has 0 aliphatic heterocycles. The molecule has 0 saturated carbocycles. The summed E-state index contributed by atoms with van der Waals surface area (Å²) >= 11 is 0. The fourth-order valence-corrected chi connectivity index (χ4v) is 3.04. The second-order valence-electron chi connectivity index (χ2n) is 4.57. The number of unbranched alkanes of at least 4 members (excludes halogenated alkanes) is 1. The average molecular weight is 285 g/mol. The normalized spacial score (nSPS) is 11.5. The third-order valence-corrected chi connectivity index (χ3v) is 4.06. The number of hydrogen-bond donors (Lipinski definition) is 2. The van der Waals surface area contributed by atoms with Gasteiger partial charge in [0.1, 0.15) is 0 Å². The molecule has 0 radical (unpaired) electrons. The van der Waals surface area contributed by atoms with Crippen LogP contribution in [0.25, 0.3) is 0 Å². The highest BCUT2D eigenvalue weighted by molar-refractivity contribution is 7.89. The van der Waals surface area contributed by atoms with Crippen molar-refractivity contribution >= 4 is 16.0 Å². The van der Waals surface area contributed by atoms with E-state index in [0.717, 1.165) is 11.1 Å². The van der Waals surface area contributed by atoms with Gasteiger partial charge < -0.3 is 5.11 Å². The molecule has 6 heteroatoms. The Bertz CT molecular complexity index is 532. The smallest absolute Gasteiger partial charge is 0.303 e. The molecule has 1 rings (SSSR count). The van der Waals surface area contributed by atoms with Crippen LogP contribution in [0.1, 0.15) is 30.4 Å². The van der Waals surface area contributed by atoms with Crippen molar-refractivity contribution in [3.05, 3.63) is 29.3 Å². The van der Waals surface area contributed by atoms with Crippen molar-refractivity contribution in [1.29, 1.82) is 0 Å². The van der Waals surface area contributed by atoms with Gasteiger partial charge in [-0.1, -0.05) is 6.07 Å². The number of aliphatic carboxylic acids is 1. The molecule has 1 aromatic carbocycles. The molecular formula is C13H19NO4S. The van der Waals surface area contributed by atoms with E-state index in [0.29, 0.717) is 12.8 Å². The Morgan fingerprint density at radius 3 is 2.26 bits per heavy atom. The van der Waals surface area contributed by atoms with Crippen LogP contribution in [0.4, 0.5) is 0 Å². The summed E-state index contributed by atoms with van der Waals surface area (Å²) in [5.41, 5.74) is 1.79. The number of carboxylic acids is 1. The van der Waals surface area contributed by atoms with Gasteiger partial charge in [-0.2, -0.15) is 0 Å². The SMILES string of the molecule is Cc1cc(C)cc(S(=O)(=O)NCCCCC(=O)O)c1. The zero-order valence-electron chi connectivity index (χ0n) is 11.1. The zero-order chi connectivity index (χ0) is 14.5. The van der Waals surface area contributed by atoms with Crippen LogP contribution in [-0.2, 0) is 14.8 Å². The first-order chi connectivity index (χ1) is 8.81. The van der Waals surface area contributed by atoms with Crippen LogP contribution < -0.4 is 4.72 Å². The number of benzene rings is 1. The largest absolute Gasteiger partial charge is 0.481 e. The Labute approximate surface area is 113 Å². The van der Waals surface area contributed by atoms with Crippen LogP contribution in [0.15, 0.2) is 23.1 Å². The molecular weight excluding hydrogens is 266 g/mol. The van der Waals surface area contributed by atoms with Crippen molar-refractivity contribution in [3.63, 3.8) is 0 Å². The van der Waals surface area contributed by atoms with Crippen molar-refractivity contribution in [2.45, 2.75) is 38.0 Å². The highest BCUT2D eigenvalue weighted by Gasteiger charge is 2.13. The topological polar surface area (TPSA) is 83.5 Å². The van der Waals surface area contributed by atoms with E-state index in [4.69, 9.17) is 5.11 Å². The first-order valence-electron chi connectivity index (χ1n) is 6.11. The second-order valence-corrected chi connectivity index (χ2v) is 6.34. The molecule has 106 valence electrons. The van der Waals surface area contributed by atoms with Gasteiger partial charge >= 0.3 is 5.97 Å². The lowest BCUT2D eigenvalue weighted by molar-refractivity contribution is -0.137. The number of nitrogens with one attached hydrogen (secondary N) is 1. The van der Waals surface area contributed by atoms with E-state index in [2.05, 4.69) is 4.72 Å². The lowest BCUT2D eigenvalue weighted by atomic mass is 10.2. The predicted molar refractivity (Wildman–Crippen MR) is 72.6 cm³/mol. The molecule has 0 aromatic heterocycles. The number of carbonyl (C=O) groups is 1. The second kappa shape index (κ2) is 6.68. The third-order valence-electron chi connectivity index (χ3n) is 2.62. The standard InChI is InChI=1S/C13H19NO4S/c1-10-7-11(2)9-12(8-10)19(17,18)14-6-4-3-5-13(15)16/h7-9,14H,3-6H2,1-2H3,(H,15,16). The van der Waals surface area contributed by atoms with Gasteiger partial charge in [0.25, 0.3) is 0 Å². The number of sulfonamides is 1. The highest BCUT2D eigenvalue weighted by atomic mass is 32.2. The van der Waals surface area contributed by atoms with Crippen LogP contribution in [0.5, 0.6) is 0 Å². The van der Waals surface area contributed by atoms with E-state index in [1.54, 1.807) is 12.1 Å². The van der Waals surface area contributed by atoms with E-state index < -0.39 is 16.0 Å². The molecule has 1 aromatic rings. The van der Waals surface area contributed by atoms with Crippen molar-refractivity contribution < 1.29 is 18.3 Å². The van der Waals surface area contributed by atoms with Gasteiger partial charge in [-0.05, 0) is 49.9 Å². The Morgan fingerprint density at radius 2 is 1.74 bits per heavy atom. The van der Waals surface area contributed by atoms with Gasteiger partial charge in [-0.25, -0.2) is 13.1 Å². The van der Waals surface area contributed by atoms with Crippen molar-refractivity contribution in [2.24, 2.45) is 0 Å². The molecule has 0 unspecified atom stereocenters. The first kappa shape index (κ1) is 15.7. The minimum Gasteiger partial charge on any atom is -0.481 e. The maximum atomic E-state index is 12.0. The summed E-state index contributed by atoms with van der Waals surface area (Å²) in [6.07, 6.45) is 1.03. The van der Waals surface area contributed by atoms with E-state index in [9.17, 15) is 13.2 Å². The fraction of sp³-hybridized carbons (Fsp3) is 0.462. The van der Waals surface area contributed by atoms with Crippen molar-refractivity contribution in [1.82, 2.24) is 4.72 Å². The van der Waals surface area contributed by atoms with E-state index in [1.165, 1.54) is 0 Å². The highest BCUT2D eigenvalue weighted by Crippen LogP contribution is 2.14. The molecule has 0 fully saturated rings. The van der Waals surface area contributed by atoms with E-state index >= 15 is 0 Å². The molecule has 2 N–H and O–H groups in total. The van der Waals surface area contributed by atoms with E-state index in [-0.39, 0.29) is 17.9 Å². The van der Waals surface area contributed by atoms with Crippen LogP contribution in [-0.4, -0.2) is 26.0 Å². The third kappa shape index (κ3) is 5.40. The first-order valence-corrected chi connectivity index (χ1v) is 7.59. The van der Waals surface area contributed by atoms with Crippen molar-refractivity contribution in [3.8, 4) is 0 Å². The maximum absolute atomic E-state index is 12.0. The molecule has 0 aliphatic rings. The summed E-state index contributed by atoms with van der Waals surface area (Å²) in [7, 11) is -3.50. The molecule has 5 nitrogen and oxygen atoms in total. The van der Waals surface area contributed by atoms with Gasteiger partial charge in [0, 0.05) is 13.0 Å². The monoisotopic (exact) mass is 285 g/mol. The van der Waals surface area contributed by atoms with Gasteiger partial charge in [0.05, 0.1) is 4.90 Å². The molecule has 0 atom stereocenters. The predicted octanol–water partition coefficient (Wildman–Crippen LogP) is 1.84. The van der Waals surface area contributed by atoms with Crippen LogP contribution >= 0.6 is 0 Å². The number of carboxylic acid groups (broad SMARTS) is 1. The molecule has 0 spiro atoms.